The molecule has 0 fully saturated rings. The highest BCUT2D eigenvalue weighted by molar-refractivity contribution is 5.91. The topological polar surface area (TPSA) is 101 Å². The number of nitro groups is 1. The van der Waals surface area contributed by atoms with Gasteiger partial charge in [0, 0.05) is 6.08 Å². The highest BCUT2D eigenvalue weighted by Crippen LogP contribution is 2.19. The van der Waals surface area contributed by atoms with Crippen LogP contribution in [0.3, 0.4) is 0 Å². The second-order valence-electron chi connectivity index (χ2n) is 2.68. The molecule has 1 aromatic carbocycles. The van der Waals surface area contributed by atoms with Crippen LogP contribution in [-0.2, 0) is 0 Å². The van der Waals surface area contributed by atoms with E-state index in [9.17, 15) is 14.9 Å². The quantitative estimate of drug-likeness (QED) is 0.577. The largest absolute Gasteiger partial charge is 0.507 e. The third-order valence-corrected chi connectivity index (χ3v) is 1.64. The van der Waals surface area contributed by atoms with E-state index in [1.165, 1.54) is 12.1 Å². The lowest BCUT2D eigenvalue weighted by molar-refractivity contribution is -0.400. The fraction of sp³-hybridized carbons (Fsp3) is 0. The van der Waals surface area contributed by atoms with Crippen LogP contribution < -0.4 is 0 Å². The summed E-state index contributed by atoms with van der Waals surface area (Å²) in [5.74, 6) is -1.66. The molecule has 0 amide bonds. The molecular weight excluding hydrogens is 202 g/mol. The number of benzene rings is 1. The number of hydrogen-bond donors (Lipinski definition) is 2. The Morgan fingerprint density at radius 3 is 2.67 bits per heavy atom. The Labute approximate surface area is 84.2 Å². The molecule has 1 aromatic rings. The molecule has 2 N–H and O–H groups in total. The molecule has 0 aliphatic carbocycles. The second-order valence-corrected chi connectivity index (χ2v) is 2.68. The van der Waals surface area contributed by atoms with Crippen molar-refractivity contribution in [2.45, 2.75) is 0 Å². The van der Waals surface area contributed by atoms with Gasteiger partial charge in [-0.15, -0.1) is 0 Å². The minimum absolute atomic E-state index is 0.291. The van der Waals surface area contributed by atoms with Crippen LogP contribution in [0.4, 0.5) is 0 Å². The molecule has 6 nitrogen and oxygen atoms in total. The van der Waals surface area contributed by atoms with Gasteiger partial charge in [-0.05, 0) is 17.7 Å². The van der Waals surface area contributed by atoms with E-state index in [-0.39, 0.29) is 11.3 Å². The maximum atomic E-state index is 10.6. The molecule has 0 saturated heterocycles. The lowest BCUT2D eigenvalue weighted by atomic mass is 10.1. The van der Waals surface area contributed by atoms with Gasteiger partial charge in [0.05, 0.1) is 4.92 Å². The highest BCUT2D eigenvalue weighted by atomic mass is 16.6. The predicted molar refractivity (Wildman–Crippen MR) is 51.1 cm³/mol. The SMILES string of the molecule is O=C(O)c1cc(/C=C/[N+](=O)[O-])ccc1O. The Kier molecular flexibility index (Phi) is 3.02. The highest BCUT2D eigenvalue weighted by Gasteiger charge is 2.09. The Hall–Kier alpha value is -2.37. The van der Waals surface area contributed by atoms with Crippen molar-refractivity contribution in [1.29, 1.82) is 0 Å². The molecule has 0 bridgehead atoms. The summed E-state index contributed by atoms with van der Waals surface area (Å²) in [7, 11) is 0. The van der Waals surface area contributed by atoms with E-state index in [4.69, 9.17) is 10.2 Å². The standard InChI is InChI=1S/C9H7NO5/c11-8-2-1-6(3-4-10(14)15)5-7(8)9(12)13/h1-5,11H,(H,12,13)/b4-3+. The molecule has 0 aromatic heterocycles. The van der Waals surface area contributed by atoms with E-state index in [0.717, 1.165) is 12.1 Å². The molecule has 0 aliphatic rings. The van der Waals surface area contributed by atoms with Gasteiger partial charge in [0.15, 0.2) is 0 Å². The molecule has 0 unspecified atom stereocenters. The Morgan fingerprint density at radius 1 is 1.47 bits per heavy atom. The average molecular weight is 209 g/mol. The minimum atomic E-state index is -1.29. The first-order valence-electron chi connectivity index (χ1n) is 3.88. The summed E-state index contributed by atoms with van der Waals surface area (Å²) in [4.78, 5) is 19.9. The lowest BCUT2D eigenvalue weighted by Crippen LogP contribution is -1.97. The minimum Gasteiger partial charge on any atom is -0.507 e. The molecule has 1 rings (SSSR count). The van der Waals surface area contributed by atoms with Crippen LogP contribution in [-0.4, -0.2) is 21.1 Å². The molecular formula is C9H7NO5. The number of aromatic hydroxyl groups is 1. The summed E-state index contributed by atoms with van der Waals surface area (Å²) < 4.78 is 0. The maximum absolute atomic E-state index is 10.6. The van der Waals surface area contributed by atoms with E-state index in [1.54, 1.807) is 0 Å². The first-order valence-corrected chi connectivity index (χ1v) is 3.88. The van der Waals surface area contributed by atoms with E-state index in [0.29, 0.717) is 11.8 Å². The first kappa shape index (κ1) is 10.7. The number of aromatic carboxylic acids is 1. The molecule has 15 heavy (non-hydrogen) atoms. The number of hydrogen-bond acceptors (Lipinski definition) is 4. The number of nitrogens with zero attached hydrogens (tertiary/aromatic N) is 1. The summed E-state index contributed by atoms with van der Waals surface area (Å²) >= 11 is 0. The predicted octanol–water partition coefficient (Wildman–Crippen LogP) is 1.34. The summed E-state index contributed by atoms with van der Waals surface area (Å²) in [6.07, 6.45) is 1.84. The van der Waals surface area contributed by atoms with Gasteiger partial charge in [-0.2, -0.15) is 0 Å². The monoisotopic (exact) mass is 209 g/mol. The number of rotatable bonds is 3. The Bertz CT molecular complexity index is 438. The van der Waals surface area contributed by atoms with Gasteiger partial charge >= 0.3 is 5.97 Å². The third kappa shape index (κ3) is 2.80. The fourth-order valence-corrected chi connectivity index (χ4v) is 0.976. The van der Waals surface area contributed by atoms with Crippen LogP contribution >= 0.6 is 0 Å². The van der Waals surface area contributed by atoms with Gasteiger partial charge in [-0.3, -0.25) is 10.1 Å². The smallest absolute Gasteiger partial charge is 0.339 e. The first-order chi connectivity index (χ1) is 7.00. The van der Waals surface area contributed by atoms with Crippen LogP contribution in [0, 0.1) is 10.1 Å². The number of carboxylic acid groups (broad SMARTS) is 1. The number of carbonyl (C=O) groups is 1. The average Bonchev–Trinajstić information content (AvgIpc) is 2.16. The molecule has 6 heteroatoms. The van der Waals surface area contributed by atoms with E-state index >= 15 is 0 Å². The third-order valence-electron chi connectivity index (χ3n) is 1.64. The summed E-state index contributed by atoms with van der Waals surface area (Å²) in [5.41, 5.74) is 0.0439. The molecule has 0 spiro atoms. The molecule has 0 radical (unpaired) electrons. The lowest BCUT2D eigenvalue weighted by Gasteiger charge is -1.99. The number of carboxylic acids is 1. The van der Waals surface area contributed by atoms with E-state index < -0.39 is 10.9 Å². The van der Waals surface area contributed by atoms with E-state index in [1.807, 2.05) is 0 Å². The molecule has 0 aliphatic heterocycles. The number of phenols is 1. The van der Waals surface area contributed by atoms with Crippen LogP contribution in [0.1, 0.15) is 15.9 Å². The van der Waals surface area contributed by atoms with Gasteiger partial charge in [-0.1, -0.05) is 6.07 Å². The van der Waals surface area contributed by atoms with Crippen LogP contribution in [0.2, 0.25) is 0 Å². The zero-order valence-electron chi connectivity index (χ0n) is 7.45. The van der Waals surface area contributed by atoms with Gasteiger partial charge in [0.2, 0.25) is 6.20 Å². The second kappa shape index (κ2) is 4.23. The summed E-state index contributed by atoms with van der Waals surface area (Å²) in [5, 5.41) is 27.8. The van der Waals surface area contributed by atoms with Crippen molar-refractivity contribution in [2.24, 2.45) is 0 Å². The Balaban J connectivity index is 3.08. The van der Waals surface area contributed by atoms with Crippen LogP contribution in [0.5, 0.6) is 5.75 Å². The molecule has 0 saturated carbocycles. The fourth-order valence-electron chi connectivity index (χ4n) is 0.976. The van der Waals surface area contributed by atoms with Gasteiger partial charge in [0.1, 0.15) is 11.3 Å². The summed E-state index contributed by atoms with van der Waals surface area (Å²) in [6, 6.07) is 3.70. The van der Waals surface area contributed by atoms with Crippen LogP contribution in [0.25, 0.3) is 6.08 Å². The zero-order valence-corrected chi connectivity index (χ0v) is 7.45. The van der Waals surface area contributed by atoms with E-state index in [2.05, 4.69) is 0 Å². The van der Waals surface area contributed by atoms with Crippen molar-refractivity contribution in [2.75, 3.05) is 0 Å². The van der Waals surface area contributed by atoms with Gasteiger partial charge in [-0.25, -0.2) is 4.79 Å². The van der Waals surface area contributed by atoms with Crippen molar-refractivity contribution in [1.82, 2.24) is 0 Å². The summed E-state index contributed by atoms with van der Waals surface area (Å²) in [6.45, 7) is 0. The normalized spacial score (nSPS) is 10.4. The van der Waals surface area contributed by atoms with Gasteiger partial charge in [0.25, 0.3) is 0 Å². The van der Waals surface area contributed by atoms with Crippen molar-refractivity contribution < 1.29 is 19.9 Å². The maximum Gasteiger partial charge on any atom is 0.339 e. The molecule has 0 atom stereocenters. The van der Waals surface area contributed by atoms with Crippen molar-refractivity contribution in [3.05, 3.63) is 45.6 Å². The Morgan fingerprint density at radius 2 is 2.13 bits per heavy atom. The van der Waals surface area contributed by atoms with Crippen molar-refractivity contribution in [3.63, 3.8) is 0 Å². The zero-order chi connectivity index (χ0) is 11.4. The molecule has 78 valence electrons. The van der Waals surface area contributed by atoms with Crippen molar-refractivity contribution in [3.8, 4) is 5.75 Å². The molecule has 0 heterocycles. The van der Waals surface area contributed by atoms with Crippen LogP contribution in [0.15, 0.2) is 24.4 Å². The van der Waals surface area contributed by atoms with Crippen molar-refractivity contribution >= 4 is 12.0 Å². The van der Waals surface area contributed by atoms with Gasteiger partial charge < -0.3 is 10.2 Å².